The van der Waals surface area contributed by atoms with Gasteiger partial charge in [0.15, 0.2) is 11.5 Å². The number of amides is 2. The number of nitrogens with one attached hydrogen (secondary N) is 1. The van der Waals surface area contributed by atoms with Crippen molar-refractivity contribution in [3.05, 3.63) is 83.2 Å². The number of anilines is 1. The van der Waals surface area contributed by atoms with Gasteiger partial charge in [0.05, 0.1) is 24.8 Å². The molecule has 0 radical (unpaired) electrons. The maximum absolute atomic E-state index is 14.7. The van der Waals surface area contributed by atoms with Gasteiger partial charge in [0, 0.05) is 24.2 Å². The summed E-state index contributed by atoms with van der Waals surface area (Å²) in [5.74, 6) is -1.14. The summed E-state index contributed by atoms with van der Waals surface area (Å²) >= 11 is 0. The predicted octanol–water partition coefficient (Wildman–Crippen LogP) is 4.60. The second-order valence-electron chi connectivity index (χ2n) is 10.3. The third-order valence-electron chi connectivity index (χ3n) is 6.61. The lowest BCUT2D eigenvalue weighted by Crippen LogP contribution is -2.52. The van der Waals surface area contributed by atoms with Crippen LogP contribution in [0.4, 0.5) is 10.1 Å². The first kappa shape index (κ1) is 32.4. The molecule has 0 aromatic heterocycles. The standard InChI is InChI=1S/C31H38FN3O6S/c1-20(2)33-31(37)23(5)34(18-24-10-8-9-11-27(24)32)30(36)19-35(25-15-21(3)14-22(4)16-25)42(38,39)26-12-13-28(40-6)29(17-26)41-7/h8-17,20,23H,18-19H2,1-7H3,(H,33,37). The zero-order valence-corrected chi connectivity index (χ0v) is 25.8. The molecular weight excluding hydrogens is 561 g/mol. The molecule has 3 aromatic carbocycles. The van der Waals surface area contributed by atoms with E-state index in [1.54, 1.807) is 32.0 Å². The van der Waals surface area contributed by atoms with Gasteiger partial charge in [-0.1, -0.05) is 24.3 Å². The minimum atomic E-state index is -4.34. The van der Waals surface area contributed by atoms with Crippen LogP contribution in [0.1, 0.15) is 37.5 Å². The molecular formula is C31H38FN3O6S. The Kier molecular flexibility index (Phi) is 10.6. The van der Waals surface area contributed by atoms with E-state index in [-0.39, 0.29) is 34.5 Å². The molecule has 3 aromatic rings. The number of sulfonamides is 1. The normalized spacial score (nSPS) is 12.0. The predicted molar refractivity (Wildman–Crippen MR) is 160 cm³/mol. The zero-order chi connectivity index (χ0) is 31.2. The Bertz CT molecular complexity index is 1520. The maximum atomic E-state index is 14.7. The van der Waals surface area contributed by atoms with Crippen LogP contribution in [0.2, 0.25) is 0 Å². The van der Waals surface area contributed by atoms with Crippen LogP contribution in [-0.4, -0.2) is 58.0 Å². The molecule has 1 atom stereocenters. The number of carbonyl (C=O) groups is 2. The number of hydrogen-bond donors (Lipinski definition) is 1. The summed E-state index contributed by atoms with van der Waals surface area (Å²) in [5.41, 5.74) is 2.03. The number of halogens is 1. The lowest BCUT2D eigenvalue weighted by molar-refractivity contribution is -0.139. The summed E-state index contributed by atoms with van der Waals surface area (Å²) in [5, 5.41) is 2.77. The molecule has 2 amide bonds. The molecule has 0 fully saturated rings. The fourth-order valence-electron chi connectivity index (χ4n) is 4.53. The van der Waals surface area contributed by atoms with Gasteiger partial charge in [-0.05, 0) is 76.1 Å². The lowest BCUT2D eigenvalue weighted by atomic mass is 10.1. The van der Waals surface area contributed by atoms with Crippen molar-refractivity contribution in [3.63, 3.8) is 0 Å². The number of hydrogen-bond acceptors (Lipinski definition) is 6. The monoisotopic (exact) mass is 599 g/mol. The Morgan fingerprint density at radius 1 is 0.905 bits per heavy atom. The first-order valence-electron chi connectivity index (χ1n) is 13.4. The third kappa shape index (κ3) is 7.58. The highest BCUT2D eigenvalue weighted by atomic mass is 32.2. The lowest BCUT2D eigenvalue weighted by Gasteiger charge is -2.32. The topological polar surface area (TPSA) is 105 Å². The average Bonchev–Trinajstić information content (AvgIpc) is 2.93. The fourth-order valence-corrected chi connectivity index (χ4v) is 5.94. The van der Waals surface area contributed by atoms with E-state index in [1.165, 1.54) is 62.4 Å². The van der Waals surface area contributed by atoms with E-state index in [4.69, 9.17) is 9.47 Å². The number of ether oxygens (including phenoxy) is 2. The highest BCUT2D eigenvalue weighted by Gasteiger charge is 2.33. The van der Waals surface area contributed by atoms with E-state index < -0.39 is 40.2 Å². The minimum absolute atomic E-state index is 0.127. The molecule has 0 bridgehead atoms. The number of rotatable bonds is 12. The van der Waals surface area contributed by atoms with Crippen LogP contribution < -0.4 is 19.1 Å². The van der Waals surface area contributed by atoms with Gasteiger partial charge >= 0.3 is 0 Å². The molecule has 9 nitrogen and oxygen atoms in total. The highest BCUT2D eigenvalue weighted by Crippen LogP contribution is 2.33. The number of benzene rings is 3. The Morgan fingerprint density at radius 3 is 2.10 bits per heavy atom. The van der Waals surface area contributed by atoms with Crippen molar-refractivity contribution in [1.82, 2.24) is 10.2 Å². The second kappa shape index (κ2) is 13.7. The number of nitrogens with zero attached hydrogens (tertiary/aromatic N) is 2. The molecule has 0 heterocycles. The van der Waals surface area contributed by atoms with Gasteiger partial charge in [-0.3, -0.25) is 13.9 Å². The van der Waals surface area contributed by atoms with E-state index in [0.29, 0.717) is 5.75 Å². The van der Waals surface area contributed by atoms with Crippen LogP contribution >= 0.6 is 0 Å². The van der Waals surface area contributed by atoms with Gasteiger partial charge < -0.3 is 19.7 Å². The van der Waals surface area contributed by atoms with Crippen LogP contribution in [0.5, 0.6) is 11.5 Å². The third-order valence-corrected chi connectivity index (χ3v) is 8.38. The molecule has 1 unspecified atom stereocenters. The van der Waals surface area contributed by atoms with E-state index in [0.717, 1.165) is 15.4 Å². The summed E-state index contributed by atoms with van der Waals surface area (Å²) in [6, 6.07) is 14.1. The maximum Gasteiger partial charge on any atom is 0.264 e. The van der Waals surface area contributed by atoms with Gasteiger partial charge in [0.1, 0.15) is 18.4 Å². The largest absolute Gasteiger partial charge is 0.493 e. The van der Waals surface area contributed by atoms with Crippen molar-refractivity contribution in [2.45, 2.75) is 58.1 Å². The molecule has 0 saturated heterocycles. The molecule has 0 spiro atoms. The number of methoxy groups -OCH3 is 2. The summed E-state index contributed by atoms with van der Waals surface area (Å²) < 4.78 is 54.6. The summed E-state index contributed by atoms with van der Waals surface area (Å²) in [4.78, 5) is 28.1. The molecule has 3 rings (SSSR count). The molecule has 226 valence electrons. The van der Waals surface area contributed by atoms with Crippen LogP contribution in [-0.2, 0) is 26.2 Å². The van der Waals surface area contributed by atoms with Crippen molar-refractivity contribution in [1.29, 1.82) is 0 Å². The van der Waals surface area contributed by atoms with Gasteiger partial charge in [-0.2, -0.15) is 0 Å². The van der Waals surface area contributed by atoms with Crippen molar-refractivity contribution >= 4 is 27.5 Å². The van der Waals surface area contributed by atoms with Crippen molar-refractivity contribution in [2.24, 2.45) is 0 Å². The molecule has 0 saturated carbocycles. The summed E-state index contributed by atoms with van der Waals surface area (Å²) in [6.45, 7) is 7.85. The van der Waals surface area contributed by atoms with Gasteiger partial charge in [-0.25, -0.2) is 12.8 Å². The van der Waals surface area contributed by atoms with Crippen LogP contribution in [0.15, 0.2) is 65.6 Å². The number of carbonyl (C=O) groups excluding carboxylic acids is 2. The smallest absolute Gasteiger partial charge is 0.264 e. The SMILES string of the molecule is COc1ccc(S(=O)(=O)N(CC(=O)N(Cc2ccccc2F)C(C)C(=O)NC(C)C)c2cc(C)cc(C)c2)cc1OC. The molecule has 0 aliphatic heterocycles. The Balaban J connectivity index is 2.12. The van der Waals surface area contributed by atoms with Crippen LogP contribution in [0.25, 0.3) is 0 Å². The Morgan fingerprint density at radius 2 is 1.52 bits per heavy atom. The second-order valence-corrected chi connectivity index (χ2v) is 12.2. The highest BCUT2D eigenvalue weighted by molar-refractivity contribution is 7.92. The van der Waals surface area contributed by atoms with Crippen LogP contribution in [0, 0.1) is 19.7 Å². The summed E-state index contributed by atoms with van der Waals surface area (Å²) in [7, 11) is -1.51. The van der Waals surface area contributed by atoms with Crippen molar-refractivity contribution in [2.75, 3.05) is 25.1 Å². The number of aryl methyl sites for hydroxylation is 2. The molecule has 11 heteroatoms. The summed E-state index contributed by atoms with van der Waals surface area (Å²) in [6.07, 6.45) is 0. The Hall–Kier alpha value is -4.12. The fraction of sp³-hybridized carbons (Fsp3) is 0.355. The van der Waals surface area contributed by atoms with E-state index in [1.807, 2.05) is 19.9 Å². The molecule has 0 aliphatic rings. The molecule has 42 heavy (non-hydrogen) atoms. The average molecular weight is 600 g/mol. The molecule has 0 aliphatic carbocycles. The van der Waals surface area contributed by atoms with E-state index >= 15 is 0 Å². The zero-order valence-electron chi connectivity index (χ0n) is 25.0. The van der Waals surface area contributed by atoms with Crippen LogP contribution in [0.3, 0.4) is 0 Å². The van der Waals surface area contributed by atoms with E-state index in [2.05, 4.69) is 5.32 Å². The van der Waals surface area contributed by atoms with Gasteiger partial charge in [0.2, 0.25) is 11.8 Å². The molecule has 1 N–H and O–H groups in total. The quantitative estimate of drug-likeness (QED) is 0.326. The first-order valence-corrected chi connectivity index (χ1v) is 14.9. The minimum Gasteiger partial charge on any atom is -0.493 e. The first-order chi connectivity index (χ1) is 19.8. The van der Waals surface area contributed by atoms with Gasteiger partial charge in [0.25, 0.3) is 10.0 Å². The Labute approximate surface area is 247 Å². The van der Waals surface area contributed by atoms with Crippen molar-refractivity contribution in [3.8, 4) is 11.5 Å². The van der Waals surface area contributed by atoms with Gasteiger partial charge in [-0.15, -0.1) is 0 Å². The van der Waals surface area contributed by atoms with E-state index in [9.17, 15) is 22.4 Å². The van der Waals surface area contributed by atoms with Crippen molar-refractivity contribution < 1.29 is 31.9 Å².